The molecule has 3 heteroatoms. The van der Waals surface area contributed by atoms with Crippen molar-refractivity contribution in [2.75, 3.05) is 13.0 Å². The number of methoxy groups -OCH3 is 1. The van der Waals surface area contributed by atoms with Gasteiger partial charge in [0.25, 0.3) is 0 Å². The Morgan fingerprint density at radius 1 is 1.46 bits per heavy atom. The van der Waals surface area contributed by atoms with Crippen LogP contribution in [0.5, 0.6) is 5.75 Å². The molecule has 0 aliphatic carbocycles. The van der Waals surface area contributed by atoms with Crippen molar-refractivity contribution in [1.29, 1.82) is 0 Å². The lowest BCUT2D eigenvalue weighted by atomic mass is 10.2. The molecule has 1 aromatic rings. The molecule has 0 atom stereocenters. The molecule has 0 N–H and O–H groups in total. The predicted octanol–water partition coefficient (Wildman–Crippen LogP) is 3.09. The van der Waals surface area contributed by atoms with E-state index in [-0.39, 0.29) is 5.82 Å². The van der Waals surface area contributed by atoms with Crippen LogP contribution in [0.25, 0.3) is 6.08 Å². The first-order valence-corrected chi connectivity index (χ1v) is 4.37. The van der Waals surface area contributed by atoms with Crippen molar-refractivity contribution in [3.63, 3.8) is 0 Å². The molecule has 0 aliphatic rings. The maximum Gasteiger partial charge on any atom is 0.127 e. The van der Waals surface area contributed by atoms with E-state index >= 15 is 0 Å². The summed E-state index contributed by atoms with van der Waals surface area (Å²) in [6.07, 6.45) is 3.49. The molecule has 0 heterocycles. The highest BCUT2D eigenvalue weighted by Crippen LogP contribution is 2.16. The van der Waals surface area contributed by atoms with Gasteiger partial charge in [0.2, 0.25) is 0 Å². The maximum atomic E-state index is 12.9. The van der Waals surface area contributed by atoms with Gasteiger partial charge in [0.15, 0.2) is 0 Å². The highest BCUT2D eigenvalue weighted by molar-refractivity contribution is 6.19. The van der Waals surface area contributed by atoms with Crippen molar-refractivity contribution in [3.05, 3.63) is 35.7 Å². The van der Waals surface area contributed by atoms with E-state index in [0.29, 0.717) is 11.6 Å². The average molecular weight is 201 g/mol. The smallest absolute Gasteiger partial charge is 0.127 e. The van der Waals surface area contributed by atoms with Gasteiger partial charge in [-0.1, -0.05) is 12.2 Å². The van der Waals surface area contributed by atoms with Gasteiger partial charge in [0, 0.05) is 11.9 Å². The third kappa shape index (κ3) is 3.07. The molecule has 0 bridgehead atoms. The Kier molecular flexibility index (Phi) is 3.77. The van der Waals surface area contributed by atoms with Crippen molar-refractivity contribution in [1.82, 2.24) is 0 Å². The number of halogens is 2. The van der Waals surface area contributed by atoms with E-state index in [2.05, 4.69) is 0 Å². The molecular weight excluding hydrogens is 191 g/mol. The minimum Gasteiger partial charge on any atom is -0.497 e. The zero-order chi connectivity index (χ0) is 9.68. The van der Waals surface area contributed by atoms with Crippen LogP contribution in [0, 0.1) is 5.82 Å². The Bertz CT molecular complexity index is 310. The number of benzene rings is 1. The Hall–Kier alpha value is -1.02. The second-order valence-corrected chi connectivity index (χ2v) is 2.79. The third-order valence-corrected chi connectivity index (χ3v) is 1.71. The molecule has 1 rings (SSSR count). The monoisotopic (exact) mass is 200 g/mol. The minimum atomic E-state index is -0.312. The highest BCUT2D eigenvalue weighted by Gasteiger charge is 1.97. The van der Waals surface area contributed by atoms with Crippen LogP contribution in [0.1, 0.15) is 5.56 Å². The Morgan fingerprint density at radius 3 is 2.85 bits per heavy atom. The van der Waals surface area contributed by atoms with Crippen molar-refractivity contribution in [2.45, 2.75) is 0 Å². The molecule has 0 saturated carbocycles. The van der Waals surface area contributed by atoms with Crippen LogP contribution in [0.3, 0.4) is 0 Å². The van der Waals surface area contributed by atoms with E-state index in [1.807, 2.05) is 0 Å². The van der Waals surface area contributed by atoms with Gasteiger partial charge >= 0.3 is 0 Å². The van der Waals surface area contributed by atoms with Crippen LogP contribution in [0.4, 0.5) is 4.39 Å². The number of alkyl halides is 1. The second-order valence-electron chi connectivity index (χ2n) is 2.48. The molecule has 0 saturated heterocycles. The highest BCUT2D eigenvalue weighted by atomic mass is 35.5. The molecular formula is C10H10ClFO. The van der Waals surface area contributed by atoms with Crippen molar-refractivity contribution in [3.8, 4) is 5.75 Å². The number of rotatable bonds is 3. The lowest BCUT2D eigenvalue weighted by Crippen LogP contribution is -1.85. The topological polar surface area (TPSA) is 9.23 Å². The second kappa shape index (κ2) is 4.87. The summed E-state index contributed by atoms with van der Waals surface area (Å²) in [6, 6.07) is 4.50. The van der Waals surface area contributed by atoms with Crippen LogP contribution in [0.2, 0.25) is 0 Å². The standard InChI is InChI=1S/C10H10ClFO/c1-13-10-6-8(3-2-4-11)5-9(12)7-10/h2-3,5-7H,4H2,1H3/b3-2+. The van der Waals surface area contributed by atoms with Gasteiger partial charge in [0.1, 0.15) is 11.6 Å². The lowest BCUT2D eigenvalue weighted by Gasteiger charge is -2.01. The summed E-state index contributed by atoms with van der Waals surface area (Å²) in [6.45, 7) is 0. The van der Waals surface area contributed by atoms with Gasteiger partial charge < -0.3 is 4.74 Å². The van der Waals surface area contributed by atoms with Gasteiger partial charge in [-0.2, -0.15) is 0 Å². The Labute approximate surface area is 81.8 Å². The number of ether oxygens (including phenoxy) is 1. The molecule has 0 radical (unpaired) electrons. The molecule has 0 spiro atoms. The molecule has 0 amide bonds. The largest absolute Gasteiger partial charge is 0.497 e. The van der Waals surface area contributed by atoms with Gasteiger partial charge in [-0.25, -0.2) is 4.39 Å². The first-order valence-electron chi connectivity index (χ1n) is 3.83. The van der Waals surface area contributed by atoms with Crippen molar-refractivity contribution in [2.24, 2.45) is 0 Å². The fourth-order valence-electron chi connectivity index (χ4n) is 0.979. The Balaban J connectivity index is 2.94. The fraction of sp³-hybridized carbons (Fsp3) is 0.200. The summed E-state index contributed by atoms with van der Waals surface area (Å²) in [7, 11) is 1.50. The zero-order valence-electron chi connectivity index (χ0n) is 7.26. The normalized spacial score (nSPS) is 10.7. The van der Waals surface area contributed by atoms with E-state index in [4.69, 9.17) is 16.3 Å². The van der Waals surface area contributed by atoms with Crippen LogP contribution >= 0.6 is 11.6 Å². The number of hydrogen-bond donors (Lipinski definition) is 0. The van der Waals surface area contributed by atoms with Crippen molar-refractivity contribution < 1.29 is 9.13 Å². The van der Waals surface area contributed by atoms with Crippen LogP contribution in [-0.4, -0.2) is 13.0 Å². The van der Waals surface area contributed by atoms with Gasteiger partial charge in [-0.05, 0) is 17.7 Å². The molecule has 13 heavy (non-hydrogen) atoms. The van der Waals surface area contributed by atoms with Gasteiger partial charge in [-0.3, -0.25) is 0 Å². The SMILES string of the molecule is COc1cc(F)cc(/C=C/CCl)c1. The van der Waals surface area contributed by atoms with E-state index < -0.39 is 0 Å². The summed E-state index contributed by atoms with van der Waals surface area (Å²) in [5, 5.41) is 0. The Morgan fingerprint density at radius 2 is 2.23 bits per heavy atom. The number of hydrogen-bond acceptors (Lipinski definition) is 1. The van der Waals surface area contributed by atoms with Crippen LogP contribution < -0.4 is 4.74 Å². The maximum absolute atomic E-state index is 12.9. The van der Waals surface area contributed by atoms with Crippen LogP contribution in [-0.2, 0) is 0 Å². The predicted molar refractivity (Wildman–Crippen MR) is 52.7 cm³/mol. The first kappa shape index (κ1) is 10.1. The van der Waals surface area contributed by atoms with Gasteiger partial charge in [-0.15, -0.1) is 11.6 Å². The van der Waals surface area contributed by atoms with Crippen LogP contribution in [0.15, 0.2) is 24.3 Å². The van der Waals surface area contributed by atoms with Crippen molar-refractivity contribution >= 4 is 17.7 Å². The molecule has 1 nitrogen and oxygen atoms in total. The third-order valence-electron chi connectivity index (χ3n) is 1.53. The quantitative estimate of drug-likeness (QED) is 0.682. The lowest BCUT2D eigenvalue weighted by molar-refractivity contribution is 0.411. The van der Waals surface area contributed by atoms with E-state index in [1.54, 1.807) is 18.2 Å². The van der Waals surface area contributed by atoms with E-state index in [0.717, 1.165) is 5.56 Å². The minimum absolute atomic E-state index is 0.312. The van der Waals surface area contributed by atoms with E-state index in [9.17, 15) is 4.39 Å². The average Bonchev–Trinajstić information content (AvgIpc) is 2.14. The first-order chi connectivity index (χ1) is 6.26. The molecule has 0 fully saturated rings. The molecule has 1 aromatic carbocycles. The molecule has 0 aliphatic heterocycles. The summed E-state index contributed by atoms with van der Waals surface area (Å²) < 4.78 is 17.8. The number of allylic oxidation sites excluding steroid dienone is 1. The molecule has 0 aromatic heterocycles. The van der Waals surface area contributed by atoms with Gasteiger partial charge in [0.05, 0.1) is 7.11 Å². The summed E-state index contributed by atoms with van der Waals surface area (Å²) in [5.74, 6) is 0.613. The molecule has 0 unspecified atom stereocenters. The summed E-state index contributed by atoms with van der Waals surface area (Å²) in [5.41, 5.74) is 0.748. The summed E-state index contributed by atoms with van der Waals surface area (Å²) >= 11 is 5.45. The zero-order valence-corrected chi connectivity index (χ0v) is 8.01. The van der Waals surface area contributed by atoms with E-state index in [1.165, 1.54) is 19.2 Å². The summed E-state index contributed by atoms with van der Waals surface area (Å²) in [4.78, 5) is 0. The molecule has 70 valence electrons. The fourth-order valence-corrected chi connectivity index (χ4v) is 1.07.